The number of nitro groups is 1. The molecule has 0 saturated heterocycles. The van der Waals surface area contributed by atoms with Crippen LogP contribution in [0.1, 0.15) is 53.6 Å². The fourth-order valence-electron chi connectivity index (χ4n) is 3.99. The average Bonchev–Trinajstić information content (AvgIpc) is 3.05. The number of para-hydroxylation sites is 1. The minimum atomic E-state index is -0.426. The topological polar surface area (TPSA) is 90.4 Å². The number of hydrogen-bond donors (Lipinski definition) is 0. The van der Waals surface area contributed by atoms with Crippen LogP contribution >= 0.6 is 0 Å². The maximum atomic E-state index is 12.9. The van der Waals surface area contributed by atoms with Crippen LogP contribution in [-0.4, -0.2) is 26.7 Å². The third kappa shape index (κ3) is 3.43. The third-order valence-electron chi connectivity index (χ3n) is 5.47. The largest absolute Gasteiger partial charge is 0.294 e. The lowest BCUT2D eigenvalue weighted by atomic mass is 9.72. The number of aromatic nitrogens is 2. The van der Waals surface area contributed by atoms with Crippen molar-refractivity contribution < 1.29 is 9.72 Å². The van der Waals surface area contributed by atoms with E-state index in [0.29, 0.717) is 17.7 Å². The Hall–Kier alpha value is -3.61. The van der Waals surface area contributed by atoms with Crippen molar-refractivity contribution in [3.63, 3.8) is 0 Å². The average molecular weight is 402 g/mol. The molecule has 152 valence electrons. The Kier molecular flexibility index (Phi) is 4.81. The fraction of sp³-hybridized carbons (Fsp3) is 0.261. The van der Waals surface area contributed by atoms with Gasteiger partial charge in [0.15, 0.2) is 5.78 Å². The lowest BCUT2D eigenvalue weighted by Gasteiger charge is -2.35. The summed E-state index contributed by atoms with van der Waals surface area (Å²) in [5.74, 6) is 0.0801. The second-order valence-electron chi connectivity index (χ2n) is 8.21. The number of nitro benzene ring substituents is 1. The number of aryl methyl sites for hydroxylation is 1. The second kappa shape index (κ2) is 7.33. The smallest absolute Gasteiger partial charge is 0.269 e. The predicted octanol–water partition coefficient (Wildman–Crippen LogP) is 4.86. The molecule has 1 aromatic heterocycles. The number of fused-ring (bicyclic) bond motifs is 1. The van der Waals surface area contributed by atoms with Crippen LogP contribution in [0.2, 0.25) is 0 Å². The molecule has 0 saturated carbocycles. The first kappa shape index (κ1) is 19.7. The maximum absolute atomic E-state index is 12.9. The van der Waals surface area contributed by atoms with Crippen molar-refractivity contribution in [1.82, 2.24) is 9.78 Å². The predicted molar refractivity (Wildman–Crippen MR) is 114 cm³/mol. The normalized spacial score (nSPS) is 17.8. The summed E-state index contributed by atoms with van der Waals surface area (Å²) in [6.45, 7) is 5.91. The lowest BCUT2D eigenvalue weighted by molar-refractivity contribution is -0.384. The first-order valence-electron chi connectivity index (χ1n) is 9.74. The fourth-order valence-corrected chi connectivity index (χ4v) is 3.99. The monoisotopic (exact) mass is 402 g/mol. The number of hydrogen-bond acceptors (Lipinski definition) is 5. The number of benzene rings is 2. The van der Waals surface area contributed by atoms with Gasteiger partial charge in [-0.05, 0) is 36.8 Å². The summed E-state index contributed by atoms with van der Waals surface area (Å²) >= 11 is 0. The summed E-state index contributed by atoms with van der Waals surface area (Å²) in [4.78, 5) is 28.2. The molecule has 30 heavy (non-hydrogen) atoms. The van der Waals surface area contributed by atoms with Crippen molar-refractivity contribution in [2.75, 3.05) is 0 Å². The molecule has 0 spiro atoms. The van der Waals surface area contributed by atoms with Crippen molar-refractivity contribution in [1.29, 1.82) is 0 Å². The molecule has 7 nitrogen and oxygen atoms in total. The van der Waals surface area contributed by atoms with E-state index in [1.54, 1.807) is 18.3 Å². The van der Waals surface area contributed by atoms with Gasteiger partial charge in [0.1, 0.15) is 0 Å². The van der Waals surface area contributed by atoms with E-state index in [1.807, 2.05) is 55.8 Å². The number of nitrogens with zero attached hydrogens (tertiary/aromatic N) is 4. The molecule has 1 atom stereocenters. The Morgan fingerprint density at radius 3 is 2.47 bits per heavy atom. The summed E-state index contributed by atoms with van der Waals surface area (Å²) in [5.41, 5.74) is 3.41. The molecule has 1 heterocycles. The van der Waals surface area contributed by atoms with E-state index in [4.69, 9.17) is 4.99 Å². The molecule has 7 heteroatoms. The first-order chi connectivity index (χ1) is 14.3. The molecule has 0 amide bonds. The molecule has 0 N–H and O–H groups in total. The summed E-state index contributed by atoms with van der Waals surface area (Å²) in [7, 11) is 0. The van der Waals surface area contributed by atoms with Crippen LogP contribution in [0.5, 0.6) is 0 Å². The molecular weight excluding hydrogens is 380 g/mol. The van der Waals surface area contributed by atoms with E-state index < -0.39 is 10.3 Å². The first-order valence-corrected chi connectivity index (χ1v) is 9.74. The van der Waals surface area contributed by atoms with Crippen molar-refractivity contribution in [3.8, 4) is 5.69 Å². The van der Waals surface area contributed by atoms with Gasteiger partial charge in [0.25, 0.3) is 5.69 Å². The minimum absolute atomic E-state index is 0.0378. The molecule has 0 radical (unpaired) electrons. The van der Waals surface area contributed by atoms with Crippen molar-refractivity contribution >= 4 is 17.7 Å². The number of carbonyl (C=O) groups is 1. The van der Waals surface area contributed by atoms with Crippen LogP contribution in [0, 0.1) is 22.5 Å². The molecule has 2 aromatic carbocycles. The molecule has 0 fully saturated rings. The van der Waals surface area contributed by atoms with E-state index in [9.17, 15) is 14.9 Å². The van der Waals surface area contributed by atoms with Crippen LogP contribution in [0.4, 0.5) is 5.69 Å². The molecule has 0 aliphatic heterocycles. The van der Waals surface area contributed by atoms with Gasteiger partial charge in [0.2, 0.25) is 0 Å². The van der Waals surface area contributed by atoms with Gasteiger partial charge in [-0.25, -0.2) is 4.68 Å². The van der Waals surface area contributed by atoms with Crippen LogP contribution in [-0.2, 0) is 0 Å². The highest BCUT2D eigenvalue weighted by Crippen LogP contribution is 2.47. The van der Waals surface area contributed by atoms with E-state index in [2.05, 4.69) is 5.10 Å². The number of Topliss-reactive ketones (excluding diaryl/α,β-unsaturated/α-hetero) is 1. The molecule has 4 rings (SSSR count). The Morgan fingerprint density at radius 1 is 1.17 bits per heavy atom. The molecule has 1 aliphatic carbocycles. The summed E-state index contributed by atoms with van der Waals surface area (Å²) < 4.78 is 1.82. The summed E-state index contributed by atoms with van der Waals surface area (Å²) in [6, 6.07) is 15.7. The standard InChI is InChI=1S/C23H22N4O3/c1-15-20-19(28)13-23(2,3)22(21(20)26(25-15)17-7-5-4-6-8-17)24-14-16-9-11-18(12-10-16)27(29)30/h4-12,14,22H,13H2,1-3H3. The Morgan fingerprint density at radius 2 is 1.83 bits per heavy atom. The van der Waals surface area contributed by atoms with Gasteiger partial charge in [0, 0.05) is 30.2 Å². The Balaban J connectivity index is 1.81. The van der Waals surface area contributed by atoms with Gasteiger partial charge >= 0.3 is 0 Å². The molecule has 1 unspecified atom stereocenters. The van der Waals surface area contributed by atoms with E-state index >= 15 is 0 Å². The zero-order valence-electron chi connectivity index (χ0n) is 17.1. The van der Waals surface area contributed by atoms with E-state index in [0.717, 1.165) is 16.9 Å². The third-order valence-corrected chi connectivity index (χ3v) is 5.47. The highest BCUT2D eigenvalue weighted by molar-refractivity contribution is 6.00. The number of non-ortho nitro benzene ring substituents is 1. The lowest BCUT2D eigenvalue weighted by Crippen LogP contribution is -2.32. The number of carbonyl (C=O) groups excluding carboxylic acids is 1. The van der Waals surface area contributed by atoms with Crippen molar-refractivity contribution in [2.45, 2.75) is 33.2 Å². The molecular formula is C23H22N4O3. The highest BCUT2D eigenvalue weighted by atomic mass is 16.6. The van der Waals surface area contributed by atoms with Crippen molar-refractivity contribution in [2.24, 2.45) is 10.4 Å². The van der Waals surface area contributed by atoms with Crippen LogP contribution in [0.15, 0.2) is 59.6 Å². The Labute approximate surface area is 174 Å². The van der Waals surface area contributed by atoms with Crippen LogP contribution in [0.25, 0.3) is 5.69 Å². The highest BCUT2D eigenvalue weighted by Gasteiger charge is 2.43. The number of ketones is 1. The maximum Gasteiger partial charge on any atom is 0.269 e. The minimum Gasteiger partial charge on any atom is -0.294 e. The Bertz CT molecular complexity index is 1150. The van der Waals surface area contributed by atoms with Crippen LogP contribution in [0.3, 0.4) is 0 Å². The van der Waals surface area contributed by atoms with Gasteiger partial charge in [-0.15, -0.1) is 0 Å². The number of aliphatic imine (C=N–C) groups is 1. The van der Waals surface area contributed by atoms with E-state index in [-0.39, 0.29) is 17.5 Å². The van der Waals surface area contributed by atoms with Crippen molar-refractivity contribution in [3.05, 3.63) is 87.2 Å². The van der Waals surface area contributed by atoms with Gasteiger partial charge in [-0.3, -0.25) is 19.9 Å². The van der Waals surface area contributed by atoms with Gasteiger partial charge in [-0.2, -0.15) is 5.10 Å². The molecule has 3 aromatic rings. The van der Waals surface area contributed by atoms with Gasteiger partial charge in [0.05, 0.1) is 33.6 Å². The van der Waals surface area contributed by atoms with Gasteiger partial charge in [-0.1, -0.05) is 32.0 Å². The molecule has 0 bridgehead atoms. The zero-order chi connectivity index (χ0) is 21.5. The van der Waals surface area contributed by atoms with Crippen LogP contribution < -0.4 is 0 Å². The summed E-state index contributed by atoms with van der Waals surface area (Å²) in [5, 5.41) is 15.5. The quantitative estimate of drug-likeness (QED) is 0.354. The van der Waals surface area contributed by atoms with E-state index in [1.165, 1.54) is 12.1 Å². The summed E-state index contributed by atoms with van der Waals surface area (Å²) in [6.07, 6.45) is 2.09. The number of rotatable bonds is 4. The van der Waals surface area contributed by atoms with Gasteiger partial charge < -0.3 is 0 Å². The zero-order valence-corrected chi connectivity index (χ0v) is 17.1. The SMILES string of the molecule is Cc1nn(-c2ccccc2)c2c1C(=O)CC(C)(C)C2N=Cc1ccc([N+](=O)[O-])cc1. The molecule has 1 aliphatic rings. The second-order valence-corrected chi connectivity index (χ2v) is 8.21.